The van der Waals surface area contributed by atoms with E-state index in [4.69, 9.17) is 15.0 Å². The number of aromatic nitrogens is 3. The van der Waals surface area contributed by atoms with Crippen LogP contribution in [0.15, 0.2) is 152 Å². The third kappa shape index (κ3) is 6.95. The van der Waals surface area contributed by atoms with Gasteiger partial charge in [-0.15, -0.1) is 0 Å². The van der Waals surface area contributed by atoms with Crippen LogP contribution < -0.4 is 0 Å². The molecule has 0 spiro atoms. The van der Waals surface area contributed by atoms with Crippen LogP contribution in [0.1, 0.15) is 63.5 Å². The molecule has 0 aliphatic heterocycles. The molecule has 56 heavy (non-hydrogen) atoms. The van der Waals surface area contributed by atoms with Gasteiger partial charge in [-0.3, -0.25) is 0 Å². The maximum atomic E-state index is 9.62. The zero-order valence-electron chi connectivity index (χ0n) is 32.2. The Hall–Kier alpha value is -6.18. The summed E-state index contributed by atoms with van der Waals surface area (Å²) in [7, 11) is 0. The number of nitriles is 1. The van der Waals surface area contributed by atoms with E-state index in [2.05, 4.69) is 123 Å². The van der Waals surface area contributed by atoms with Gasteiger partial charge in [0.15, 0.2) is 17.5 Å². The molecule has 7 aromatic rings. The molecule has 1 aromatic heterocycles. The van der Waals surface area contributed by atoms with Crippen molar-refractivity contribution in [3.63, 3.8) is 0 Å². The van der Waals surface area contributed by atoms with Gasteiger partial charge in [-0.2, -0.15) is 5.26 Å². The molecule has 0 amide bonds. The normalized spacial score (nSPS) is 20.3. The van der Waals surface area contributed by atoms with Crippen LogP contribution in [-0.4, -0.2) is 15.0 Å². The van der Waals surface area contributed by atoms with Crippen LogP contribution in [-0.2, 0) is 5.41 Å². The largest absolute Gasteiger partial charge is 0.208 e. The van der Waals surface area contributed by atoms with Crippen LogP contribution in [0.2, 0.25) is 0 Å². The van der Waals surface area contributed by atoms with Gasteiger partial charge in [0.1, 0.15) is 0 Å². The first-order chi connectivity index (χ1) is 27.5. The molecule has 0 saturated heterocycles. The van der Waals surface area contributed by atoms with Crippen LogP contribution in [0.3, 0.4) is 0 Å². The van der Waals surface area contributed by atoms with Crippen LogP contribution >= 0.6 is 0 Å². The average molecular weight is 727 g/mol. The SMILES string of the molecule is CC[C@@H]1C[C@@H]2C[C@H](C)CC(c3ccc(-c4ccccc4-c4nc(-c5ccccc5)nc(-c5ccc(-c6cccc(C#N)c6)cc5-c5ccccc5)n4)cc3)(C1)C2. The topological polar surface area (TPSA) is 62.5 Å². The van der Waals surface area contributed by atoms with E-state index < -0.39 is 0 Å². The van der Waals surface area contributed by atoms with Crippen LogP contribution in [0, 0.1) is 29.1 Å². The molecule has 0 radical (unpaired) electrons. The highest BCUT2D eigenvalue weighted by Gasteiger charge is 2.45. The lowest BCUT2D eigenvalue weighted by atomic mass is 9.54. The minimum atomic E-state index is 0.289. The quantitative estimate of drug-likeness (QED) is 0.156. The predicted molar refractivity (Wildman–Crippen MR) is 228 cm³/mol. The van der Waals surface area contributed by atoms with Gasteiger partial charge in [0.05, 0.1) is 11.6 Å². The van der Waals surface area contributed by atoms with Crippen molar-refractivity contribution in [1.82, 2.24) is 15.0 Å². The van der Waals surface area contributed by atoms with E-state index in [1.165, 1.54) is 49.7 Å². The molecule has 0 N–H and O–H groups in total. The molecule has 2 aliphatic rings. The fourth-order valence-electron chi connectivity index (χ4n) is 9.97. The van der Waals surface area contributed by atoms with E-state index >= 15 is 0 Å². The summed E-state index contributed by atoms with van der Waals surface area (Å²) in [6.07, 6.45) is 8.01. The molecule has 2 aliphatic carbocycles. The molecule has 6 aromatic carbocycles. The van der Waals surface area contributed by atoms with E-state index in [0.29, 0.717) is 23.0 Å². The second-order valence-electron chi connectivity index (χ2n) is 16.2. The molecule has 1 unspecified atom stereocenters. The third-order valence-electron chi connectivity index (χ3n) is 12.4. The highest BCUT2D eigenvalue weighted by Crippen LogP contribution is 2.55. The zero-order valence-corrected chi connectivity index (χ0v) is 32.2. The molecule has 274 valence electrons. The number of hydrogen-bond acceptors (Lipinski definition) is 4. The average Bonchev–Trinajstić information content (AvgIpc) is 3.26. The summed E-state index contributed by atoms with van der Waals surface area (Å²) in [5.74, 6) is 4.33. The van der Waals surface area contributed by atoms with Gasteiger partial charge in [-0.1, -0.05) is 148 Å². The van der Waals surface area contributed by atoms with E-state index in [9.17, 15) is 5.26 Å². The first kappa shape index (κ1) is 35.5. The van der Waals surface area contributed by atoms with Gasteiger partial charge in [-0.25, -0.2) is 15.0 Å². The molecule has 4 nitrogen and oxygen atoms in total. The maximum absolute atomic E-state index is 9.62. The first-order valence-electron chi connectivity index (χ1n) is 20.2. The number of hydrogen-bond donors (Lipinski definition) is 0. The molecule has 4 heteroatoms. The Morgan fingerprint density at radius 1 is 0.536 bits per heavy atom. The highest BCUT2D eigenvalue weighted by molar-refractivity contribution is 5.87. The Labute approximate surface area is 331 Å². The molecule has 2 bridgehead atoms. The Bertz CT molecular complexity index is 2530. The predicted octanol–water partition coefficient (Wildman–Crippen LogP) is 13.2. The second kappa shape index (κ2) is 15.2. The smallest absolute Gasteiger partial charge is 0.164 e. The summed E-state index contributed by atoms with van der Waals surface area (Å²) >= 11 is 0. The molecule has 9 rings (SSSR count). The van der Waals surface area contributed by atoms with E-state index in [1.807, 2.05) is 48.5 Å². The maximum Gasteiger partial charge on any atom is 0.164 e. The van der Waals surface area contributed by atoms with Crippen LogP contribution in [0.25, 0.3) is 67.5 Å². The molecule has 2 fully saturated rings. The summed E-state index contributed by atoms with van der Waals surface area (Å²) in [6, 6.07) is 55.0. The van der Waals surface area contributed by atoms with E-state index in [1.54, 1.807) is 0 Å². The standard InChI is InChI=1S/C52H46N4/c1-3-36-28-38-27-35(2)31-52(32-36,33-38)44-24-21-40(22-25-44)45-19-10-11-20-46(45)50-54-49(41-16-8-5-9-17-41)55-51(56-50)47-26-23-43(42-18-12-13-37(29-42)34-53)30-48(47)39-14-6-4-7-15-39/h4-26,29-30,35-36,38H,3,27-28,31-33H2,1-2H3/t35-,36+,38-,52?/m0/s1. The lowest BCUT2D eigenvalue weighted by Crippen LogP contribution is -2.42. The van der Waals surface area contributed by atoms with Crippen molar-refractivity contribution >= 4 is 0 Å². The van der Waals surface area contributed by atoms with Crippen LogP contribution in [0.5, 0.6) is 0 Å². The van der Waals surface area contributed by atoms with E-state index in [0.717, 1.165) is 62.3 Å². The van der Waals surface area contributed by atoms with Crippen molar-refractivity contribution in [2.45, 2.75) is 57.8 Å². The summed E-state index contributed by atoms with van der Waals surface area (Å²) in [4.78, 5) is 15.6. The monoisotopic (exact) mass is 726 g/mol. The Balaban J connectivity index is 1.16. The summed E-state index contributed by atoms with van der Waals surface area (Å²) < 4.78 is 0. The Kier molecular flexibility index (Phi) is 9.61. The van der Waals surface area contributed by atoms with Gasteiger partial charge in [-0.05, 0) is 118 Å². The molecule has 2 saturated carbocycles. The van der Waals surface area contributed by atoms with Gasteiger partial charge < -0.3 is 0 Å². The Morgan fingerprint density at radius 2 is 1.12 bits per heavy atom. The second-order valence-corrected chi connectivity index (χ2v) is 16.2. The minimum absolute atomic E-state index is 0.289. The Morgan fingerprint density at radius 3 is 1.84 bits per heavy atom. The van der Waals surface area contributed by atoms with Crippen LogP contribution in [0.4, 0.5) is 0 Å². The fourth-order valence-corrected chi connectivity index (χ4v) is 9.97. The van der Waals surface area contributed by atoms with Crippen molar-refractivity contribution in [1.29, 1.82) is 5.26 Å². The molecular formula is C52H46N4. The minimum Gasteiger partial charge on any atom is -0.208 e. The number of nitrogens with zero attached hydrogens (tertiary/aromatic N) is 4. The summed E-state index contributed by atoms with van der Waals surface area (Å²) in [5, 5.41) is 9.62. The van der Waals surface area contributed by atoms with Gasteiger partial charge in [0, 0.05) is 16.7 Å². The van der Waals surface area contributed by atoms with Crippen molar-refractivity contribution < 1.29 is 0 Å². The lowest BCUT2D eigenvalue weighted by molar-refractivity contribution is 0.0702. The van der Waals surface area contributed by atoms with Crippen molar-refractivity contribution in [3.8, 4) is 73.6 Å². The number of fused-ring (bicyclic) bond motifs is 2. The van der Waals surface area contributed by atoms with E-state index in [-0.39, 0.29) is 5.41 Å². The van der Waals surface area contributed by atoms with Crippen molar-refractivity contribution in [2.75, 3.05) is 0 Å². The van der Waals surface area contributed by atoms with Gasteiger partial charge in [0.2, 0.25) is 0 Å². The molecule has 1 heterocycles. The summed E-state index contributed by atoms with van der Waals surface area (Å²) in [6.45, 7) is 4.85. The van der Waals surface area contributed by atoms with Gasteiger partial charge >= 0.3 is 0 Å². The highest BCUT2D eigenvalue weighted by atomic mass is 15.0. The zero-order chi connectivity index (χ0) is 38.1. The first-order valence-corrected chi connectivity index (χ1v) is 20.2. The van der Waals surface area contributed by atoms with Crippen molar-refractivity contribution in [3.05, 3.63) is 163 Å². The van der Waals surface area contributed by atoms with Gasteiger partial charge in [0.25, 0.3) is 0 Å². The molecular weight excluding hydrogens is 681 g/mol. The third-order valence-corrected chi connectivity index (χ3v) is 12.4. The number of benzene rings is 6. The number of rotatable bonds is 8. The summed E-state index contributed by atoms with van der Waals surface area (Å²) in [5.41, 5.74) is 11.6. The lowest BCUT2D eigenvalue weighted by Gasteiger charge is -2.51. The molecule has 4 atom stereocenters. The van der Waals surface area contributed by atoms with Crippen molar-refractivity contribution in [2.24, 2.45) is 17.8 Å². The fraction of sp³-hybridized carbons (Fsp3) is 0.231.